The summed E-state index contributed by atoms with van der Waals surface area (Å²) in [5.74, 6) is 1.16. The van der Waals surface area contributed by atoms with E-state index in [1.807, 2.05) is 11.8 Å². The summed E-state index contributed by atoms with van der Waals surface area (Å²) in [5.41, 5.74) is 3.18. The van der Waals surface area contributed by atoms with Gasteiger partial charge in [0.25, 0.3) is 0 Å². The van der Waals surface area contributed by atoms with Crippen LogP contribution in [-0.2, 0) is 8.10 Å². The molecule has 1 fully saturated rings. The van der Waals surface area contributed by atoms with Gasteiger partial charge < -0.3 is 0 Å². The third kappa shape index (κ3) is 5.58. The van der Waals surface area contributed by atoms with Gasteiger partial charge in [0.05, 0.1) is 5.02 Å². The molecule has 1 aliphatic carbocycles. The molecule has 1 unspecified atom stereocenters. The van der Waals surface area contributed by atoms with E-state index in [1.54, 1.807) is 19.2 Å². The van der Waals surface area contributed by atoms with E-state index in [2.05, 4.69) is 15.3 Å². The molecule has 0 saturated heterocycles. The van der Waals surface area contributed by atoms with Crippen LogP contribution in [0.5, 0.6) is 11.5 Å². The number of ether oxygens (including phenoxy) is 2. The number of aromatic nitrogens is 2. The third-order valence-corrected chi connectivity index (χ3v) is 18.8. The Labute approximate surface area is 207 Å². The molecule has 0 spiro atoms. The van der Waals surface area contributed by atoms with Gasteiger partial charge in [0.15, 0.2) is 0 Å². The van der Waals surface area contributed by atoms with Gasteiger partial charge >= 0.3 is 175 Å². The van der Waals surface area contributed by atoms with Gasteiger partial charge in [-0.2, -0.15) is 0 Å². The number of nitrogens with zero attached hydrogens (tertiary/aromatic N) is 2. The second-order valence-electron chi connectivity index (χ2n) is 8.32. The van der Waals surface area contributed by atoms with Gasteiger partial charge in [-0.3, -0.25) is 0 Å². The van der Waals surface area contributed by atoms with E-state index in [-0.39, 0.29) is 15.8 Å². The van der Waals surface area contributed by atoms with Crippen LogP contribution in [0.3, 0.4) is 0 Å². The molecule has 1 saturated carbocycles. The molecule has 11 heteroatoms. The molecule has 7 nitrogen and oxygen atoms in total. The van der Waals surface area contributed by atoms with E-state index in [1.165, 1.54) is 24.7 Å². The Balaban J connectivity index is 1.57. The monoisotopic (exact) mass is 569 g/mol. The third-order valence-electron chi connectivity index (χ3n) is 6.08. The van der Waals surface area contributed by atoms with Crippen molar-refractivity contribution in [3.63, 3.8) is 0 Å². The van der Waals surface area contributed by atoms with Crippen molar-refractivity contribution in [3.8, 4) is 11.5 Å². The van der Waals surface area contributed by atoms with Crippen molar-refractivity contribution in [2.24, 2.45) is 0 Å². The molecule has 1 aliphatic rings. The summed E-state index contributed by atoms with van der Waals surface area (Å²) in [4.78, 5) is 8.68. The fourth-order valence-corrected chi connectivity index (χ4v) is 11.5. The molecular formula is C23H26AsClFN3O4S. The Kier molecular flexibility index (Phi) is 7.55. The minimum atomic E-state index is -2.91. The van der Waals surface area contributed by atoms with Gasteiger partial charge in [-0.15, -0.1) is 0 Å². The molecule has 0 aliphatic heterocycles. The molecule has 2 aromatic carbocycles. The molecule has 3 aromatic rings. The summed E-state index contributed by atoms with van der Waals surface area (Å²) >= 11 is 3.99. The fraction of sp³-hybridized carbons (Fsp3) is 0.391. The molecule has 0 bridgehead atoms. The molecule has 182 valence electrons. The first-order valence-corrected chi connectivity index (χ1v) is 18.3. The Hall–Kier alpha value is -2.09. The maximum atomic E-state index is 13.5. The molecular weight excluding hydrogens is 544 g/mol. The summed E-state index contributed by atoms with van der Waals surface area (Å²) in [5, 5.41) is 3.89. The quantitative estimate of drug-likeness (QED) is 0.374. The van der Waals surface area contributed by atoms with Crippen LogP contribution >= 0.6 is 11.6 Å². The number of hydrogen-bond acceptors (Lipinski definition) is 7. The Morgan fingerprint density at radius 2 is 1.85 bits per heavy atom. The molecule has 1 atom stereocenters. The molecule has 0 amide bonds. The number of hydrogen-bond donors (Lipinski definition) is 1. The van der Waals surface area contributed by atoms with Crippen molar-refractivity contribution in [2.45, 2.75) is 42.2 Å². The number of rotatable bonds is 7. The minimum absolute atomic E-state index is 0.0121. The van der Waals surface area contributed by atoms with Crippen molar-refractivity contribution in [2.75, 3.05) is 18.7 Å². The second kappa shape index (κ2) is 10.3. The van der Waals surface area contributed by atoms with Crippen LogP contribution in [0.4, 0.5) is 15.9 Å². The zero-order valence-electron chi connectivity index (χ0n) is 19.1. The fourth-order valence-electron chi connectivity index (χ4n) is 4.10. The summed E-state index contributed by atoms with van der Waals surface area (Å²) < 4.78 is 49.7. The second-order valence-corrected chi connectivity index (χ2v) is 21.2. The van der Waals surface area contributed by atoms with Crippen LogP contribution < -0.4 is 14.8 Å². The van der Waals surface area contributed by atoms with Crippen LogP contribution in [0, 0.1) is 5.82 Å². The number of methoxy groups -OCH3 is 1. The Morgan fingerprint density at radius 3 is 2.50 bits per heavy atom. The first-order chi connectivity index (χ1) is 16.2. The van der Waals surface area contributed by atoms with Crippen LogP contribution in [-0.4, -0.2) is 51.4 Å². The molecule has 1 N–H and O–H groups in total. The van der Waals surface area contributed by atoms with E-state index in [9.17, 15) is 12.8 Å². The average Bonchev–Trinajstić information content (AvgIpc) is 2.81. The molecule has 4 rings (SSSR count). The van der Waals surface area contributed by atoms with Gasteiger partial charge in [-0.1, -0.05) is 11.6 Å². The van der Waals surface area contributed by atoms with E-state index >= 15 is 0 Å². The first kappa shape index (κ1) is 25.0. The maximum absolute atomic E-state index is 13.5. The summed E-state index contributed by atoms with van der Waals surface area (Å²) in [6.45, 7) is 0. The van der Waals surface area contributed by atoms with E-state index in [4.69, 9.17) is 21.1 Å². The Bertz CT molecular complexity index is 1300. The van der Waals surface area contributed by atoms with Crippen molar-refractivity contribution in [1.29, 1.82) is 0 Å². The molecule has 1 aromatic heterocycles. The van der Waals surface area contributed by atoms with Crippen molar-refractivity contribution < 1.29 is 22.3 Å². The van der Waals surface area contributed by atoms with Crippen LogP contribution in [0.2, 0.25) is 15.4 Å². The van der Waals surface area contributed by atoms with Crippen molar-refractivity contribution >= 4 is 55.6 Å². The predicted molar refractivity (Wildman–Crippen MR) is 134 cm³/mol. The van der Waals surface area contributed by atoms with Gasteiger partial charge in [0, 0.05) is 0 Å². The van der Waals surface area contributed by atoms with E-state index in [0.29, 0.717) is 33.9 Å². The SMILES string of the molecule is COc1cc2ncnc(Nc3ccc(F)c(Cl)c3)c2cc1O[C@H]1CC[C@H]([As](C)S(C)(=O)=O)CC1. The summed E-state index contributed by atoms with van der Waals surface area (Å²) in [7, 11) is -1.34. The standard InChI is InChI=1S/C23H26AsClFN3O4S/c1-24(34(3,30)31)14-4-7-16(8-5-14)33-22-11-17-20(12-21(22)32-2)27-13-28-23(17)29-15-6-9-19(26)18(25)10-15/h6,9-14,16H,4-5,7-8H2,1-3H3,(H,27,28,29)/t14-,16-,24?. The summed E-state index contributed by atoms with van der Waals surface area (Å²) in [6.07, 6.45) is 6.07. The molecule has 34 heavy (non-hydrogen) atoms. The Morgan fingerprint density at radius 1 is 1.12 bits per heavy atom. The normalized spacial score (nSPS) is 19.6. The average molecular weight is 570 g/mol. The number of anilines is 2. The van der Waals surface area contributed by atoms with Crippen LogP contribution in [0.1, 0.15) is 25.7 Å². The zero-order valence-corrected chi connectivity index (χ0v) is 22.5. The van der Waals surface area contributed by atoms with Gasteiger partial charge in [-0.05, 0) is 6.07 Å². The zero-order chi connectivity index (χ0) is 24.5. The number of fused-ring (bicyclic) bond motifs is 1. The van der Waals surface area contributed by atoms with E-state index in [0.717, 1.165) is 25.7 Å². The number of nitrogens with one attached hydrogen (secondary N) is 1. The van der Waals surface area contributed by atoms with Crippen molar-refractivity contribution in [3.05, 3.63) is 47.5 Å². The van der Waals surface area contributed by atoms with Crippen LogP contribution in [0.25, 0.3) is 10.9 Å². The van der Waals surface area contributed by atoms with Gasteiger partial charge in [0.2, 0.25) is 0 Å². The van der Waals surface area contributed by atoms with Crippen LogP contribution in [0.15, 0.2) is 36.7 Å². The summed E-state index contributed by atoms with van der Waals surface area (Å²) in [6, 6.07) is 7.98. The number of halogens is 2. The molecule has 0 radical (unpaired) electrons. The topological polar surface area (TPSA) is 90.4 Å². The van der Waals surface area contributed by atoms with Gasteiger partial charge in [-0.25, -0.2) is 4.39 Å². The molecule has 1 heterocycles. The predicted octanol–water partition coefficient (Wildman–Crippen LogP) is 5.53. The first-order valence-electron chi connectivity index (χ1n) is 10.8. The number of benzene rings is 2. The van der Waals surface area contributed by atoms with E-state index < -0.39 is 27.4 Å². The van der Waals surface area contributed by atoms with Gasteiger partial charge in [0.1, 0.15) is 5.82 Å². The van der Waals surface area contributed by atoms with Crippen molar-refractivity contribution in [1.82, 2.24) is 9.97 Å².